The first kappa shape index (κ1) is 19.6. The quantitative estimate of drug-likeness (QED) is 0.681. The van der Waals surface area contributed by atoms with Crippen LogP contribution in [0.3, 0.4) is 0 Å². The Labute approximate surface area is 159 Å². The average Bonchev–Trinajstić information content (AvgIpc) is 2.89. The summed E-state index contributed by atoms with van der Waals surface area (Å²) in [4.78, 5) is 54.0. The summed E-state index contributed by atoms with van der Waals surface area (Å²) in [7, 11) is 1.51. The molecule has 2 aliphatic heterocycles. The van der Waals surface area contributed by atoms with Crippen molar-refractivity contribution < 1.29 is 23.9 Å². The number of nitrogens with one attached hydrogen (secondary N) is 1. The maximum atomic E-state index is 12.9. The fraction of sp³-hybridized carbons (Fsp3) is 0.778. The zero-order valence-corrected chi connectivity index (χ0v) is 16.0. The van der Waals surface area contributed by atoms with E-state index in [9.17, 15) is 19.2 Å². The Hall–Kier alpha value is -2.16. The highest BCUT2D eigenvalue weighted by Gasteiger charge is 2.55. The second kappa shape index (κ2) is 7.84. The lowest BCUT2D eigenvalue weighted by molar-refractivity contribution is -0.144. The molecule has 2 heterocycles. The normalized spacial score (nSPS) is 28.4. The highest BCUT2D eigenvalue weighted by molar-refractivity contribution is 6.09. The first-order valence-electron chi connectivity index (χ1n) is 9.59. The zero-order valence-electron chi connectivity index (χ0n) is 16.0. The van der Waals surface area contributed by atoms with Crippen molar-refractivity contribution in [2.45, 2.75) is 38.1 Å². The Kier molecular flexibility index (Phi) is 5.69. The SMILES string of the molecule is C[C@H]1CCCC[C@]12NC(=O)N(CC(=O)N(C)CC(=O)N1CCOCC1)C2=O. The summed E-state index contributed by atoms with van der Waals surface area (Å²) in [6, 6.07) is -0.519. The van der Waals surface area contributed by atoms with Gasteiger partial charge in [0.1, 0.15) is 12.1 Å². The summed E-state index contributed by atoms with van der Waals surface area (Å²) in [5, 5.41) is 2.83. The van der Waals surface area contributed by atoms with Crippen molar-refractivity contribution in [2.75, 3.05) is 46.4 Å². The maximum Gasteiger partial charge on any atom is 0.325 e. The van der Waals surface area contributed by atoms with E-state index >= 15 is 0 Å². The second-order valence-electron chi connectivity index (χ2n) is 7.68. The highest BCUT2D eigenvalue weighted by atomic mass is 16.5. The molecule has 0 aromatic rings. The van der Waals surface area contributed by atoms with E-state index in [0.717, 1.165) is 24.2 Å². The Morgan fingerprint density at radius 1 is 1.26 bits per heavy atom. The second-order valence-corrected chi connectivity index (χ2v) is 7.68. The predicted octanol–water partition coefficient (Wildman–Crippen LogP) is -0.196. The van der Waals surface area contributed by atoms with Crippen LogP contribution in [0.2, 0.25) is 0 Å². The third kappa shape index (κ3) is 3.78. The fourth-order valence-electron chi connectivity index (χ4n) is 4.10. The van der Waals surface area contributed by atoms with Crippen LogP contribution < -0.4 is 5.32 Å². The molecule has 27 heavy (non-hydrogen) atoms. The van der Waals surface area contributed by atoms with Crippen LogP contribution in [0.4, 0.5) is 4.79 Å². The summed E-state index contributed by atoms with van der Waals surface area (Å²) in [5.74, 6) is -0.867. The van der Waals surface area contributed by atoms with Crippen LogP contribution >= 0.6 is 0 Å². The predicted molar refractivity (Wildman–Crippen MR) is 95.6 cm³/mol. The highest BCUT2D eigenvalue weighted by Crippen LogP contribution is 2.38. The number of imide groups is 1. The van der Waals surface area contributed by atoms with E-state index in [1.807, 2.05) is 6.92 Å². The maximum absolute atomic E-state index is 12.9. The Morgan fingerprint density at radius 3 is 2.63 bits per heavy atom. The molecule has 3 aliphatic rings. The molecule has 5 amide bonds. The summed E-state index contributed by atoms with van der Waals surface area (Å²) in [5.41, 5.74) is -0.877. The molecule has 2 saturated heterocycles. The van der Waals surface area contributed by atoms with Crippen LogP contribution in [0.25, 0.3) is 0 Å². The molecule has 3 rings (SSSR count). The number of hydrogen-bond donors (Lipinski definition) is 1. The van der Waals surface area contributed by atoms with Crippen molar-refractivity contribution in [3.63, 3.8) is 0 Å². The van der Waals surface area contributed by atoms with Gasteiger partial charge in [-0.2, -0.15) is 0 Å². The Morgan fingerprint density at radius 2 is 1.96 bits per heavy atom. The molecule has 9 nitrogen and oxygen atoms in total. The van der Waals surface area contributed by atoms with Crippen molar-refractivity contribution in [1.82, 2.24) is 20.0 Å². The summed E-state index contributed by atoms with van der Waals surface area (Å²) < 4.78 is 5.21. The molecular formula is C18H28N4O5. The zero-order chi connectivity index (χ0) is 19.6. The van der Waals surface area contributed by atoms with Gasteiger partial charge in [0, 0.05) is 20.1 Å². The number of rotatable bonds is 4. The number of urea groups is 1. The van der Waals surface area contributed by atoms with Gasteiger partial charge in [-0.1, -0.05) is 19.8 Å². The van der Waals surface area contributed by atoms with Gasteiger partial charge in [0.2, 0.25) is 11.8 Å². The number of ether oxygens (including phenoxy) is 1. The van der Waals surface area contributed by atoms with E-state index in [1.165, 1.54) is 11.9 Å². The largest absolute Gasteiger partial charge is 0.378 e. The third-order valence-corrected chi connectivity index (χ3v) is 5.96. The molecule has 3 fully saturated rings. The van der Waals surface area contributed by atoms with E-state index in [0.29, 0.717) is 32.7 Å². The molecule has 9 heteroatoms. The minimum Gasteiger partial charge on any atom is -0.378 e. The van der Waals surface area contributed by atoms with Crippen LogP contribution in [-0.2, 0) is 19.1 Å². The number of amides is 5. The van der Waals surface area contributed by atoms with E-state index in [2.05, 4.69) is 5.32 Å². The van der Waals surface area contributed by atoms with E-state index in [4.69, 9.17) is 4.74 Å². The lowest BCUT2D eigenvalue weighted by atomic mass is 9.73. The van der Waals surface area contributed by atoms with Gasteiger partial charge >= 0.3 is 6.03 Å². The monoisotopic (exact) mass is 380 g/mol. The van der Waals surface area contributed by atoms with Gasteiger partial charge in [-0.25, -0.2) is 4.79 Å². The fourth-order valence-corrected chi connectivity index (χ4v) is 4.10. The lowest BCUT2D eigenvalue weighted by Gasteiger charge is -2.36. The van der Waals surface area contributed by atoms with Crippen molar-refractivity contribution in [3.8, 4) is 0 Å². The topological polar surface area (TPSA) is 99.3 Å². The van der Waals surface area contributed by atoms with Gasteiger partial charge < -0.3 is 19.9 Å². The molecule has 150 valence electrons. The van der Waals surface area contributed by atoms with Gasteiger partial charge in [0.05, 0.1) is 19.8 Å². The molecule has 0 aromatic carbocycles. The lowest BCUT2D eigenvalue weighted by Crippen LogP contribution is -2.54. The van der Waals surface area contributed by atoms with Crippen LogP contribution in [0.5, 0.6) is 0 Å². The van der Waals surface area contributed by atoms with Gasteiger partial charge in [0.25, 0.3) is 5.91 Å². The number of hydrogen-bond acceptors (Lipinski definition) is 5. The molecule has 1 N–H and O–H groups in total. The summed E-state index contributed by atoms with van der Waals surface area (Å²) in [6.45, 7) is 3.55. The van der Waals surface area contributed by atoms with Gasteiger partial charge in [0.15, 0.2) is 0 Å². The molecule has 1 aliphatic carbocycles. The number of carbonyl (C=O) groups is 4. The van der Waals surface area contributed by atoms with Gasteiger partial charge in [-0.15, -0.1) is 0 Å². The molecular weight excluding hydrogens is 352 g/mol. The molecule has 2 atom stereocenters. The number of morpholine rings is 1. The molecule has 0 unspecified atom stereocenters. The minimum atomic E-state index is -0.877. The molecule has 0 aromatic heterocycles. The smallest absolute Gasteiger partial charge is 0.325 e. The van der Waals surface area contributed by atoms with Crippen LogP contribution in [0.1, 0.15) is 32.6 Å². The van der Waals surface area contributed by atoms with Crippen molar-refractivity contribution in [1.29, 1.82) is 0 Å². The number of carbonyl (C=O) groups excluding carboxylic acids is 4. The Balaban J connectivity index is 1.59. The van der Waals surface area contributed by atoms with E-state index in [1.54, 1.807) is 4.90 Å². The molecule has 1 spiro atoms. The van der Waals surface area contributed by atoms with Crippen LogP contribution in [0, 0.1) is 5.92 Å². The van der Waals surface area contributed by atoms with Crippen molar-refractivity contribution in [2.24, 2.45) is 5.92 Å². The summed E-state index contributed by atoms with van der Waals surface area (Å²) >= 11 is 0. The van der Waals surface area contributed by atoms with E-state index < -0.39 is 17.5 Å². The van der Waals surface area contributed by atoms with Crippen LogP contribution in [-0.4, -0.2) is 90.4 Å². The average molecular weight is 380 g/mol. The molecule has 1 saturated carbocycles. The molecule has 0 bridgehead atoms. The summed E-state index contributed by atoms with van der Waals surface area (Å²) in [6.07, 6.45) is 3.40. The third-order valence-electron chi connectivity index (χ3n) is 5.96. The van der Waals surface area contributed by atoms with Gasteiger partial charge in [-0.3, -0.25) is 19.3 Å². The standard InChI is InChI=1S/C18H28N4O5/c1-13-5-3-4-6-18(13)16(25)22(17(26)19-18)12-14(23)20(2)11-15(24)21-7-9-27-10-8-21/h13H,3-12H2,1-2H3,(H,19,26)/t13-,18-/m0/s1. The molecule has 0 radical (unpaired) electrons. The van der Waals surface area contributed by atoms with Crippen LogP contribution in [0.15, 0.2) is 0 Å². The Bertz CT molecular complexity index is 633. The number of nitrogens with zero attached hydrogens (tertiary/aromatic N) is 3. The minimum absolute atomic E-state index is 0.0448. The first-order chi connectivity index (χ1) is 12.8. The van der Waals surface area contributed by atoms with Crippen molar-refractivity contribution >= 4 is 23.8 Å². The van der Waals surface area contributed by atoms with Gasteiger partial charge in [-0.05, 0) is 18.8 Å². The first-order valence-corrected chi connectivity index (χ1v) is 9.59. The number of likely N-dealkylation sites (N-methyl/N-ethyl adjacent to an activating group) is 1. The van der Waals surface area contributed by atoms with E-state index in [-0.39, 0.29) is 30.8 Å². The van der Waals surface area contributed by atoms with Crippen molar-refractivity contribution in [3.05, 3.63) is 0 Å².